The van der Waals surface area contributed by atoms with Crippen LogP contribution < -0.4 is 16.6 Å². The van der Waals surface area contributed by atoms with Gasteiger partial charge >= 0.3 is 0 Å². The molecule has 0 spiro atoms. The Morgan fingerprint density at radius 3 is 2.69 bits per heavy atom. The lowest BCUT2D eigenvalue weighted by atomic mass is 10.1. The third kappa shape index (κ3) is 4.28. The van der Waals surface area contributed by atoms with E-state index in [0.29, 0.717) is 16.5 Å². The number of carbonyl (C=O) groups is 1. The number of aromatic nitrogens is 3. The molecule has 0 fully saturated rings. The number of nitrogens with two attached hydrogens (primary N) is 1. The monoisotopic (exact) mass is 367 g/mol. The average Bonchev–Trinajstić information content (AvgIpc) is 2.64. The van der Waals surface area contributed by atoms with Crippen molar-refractivity contribution in [2.75, 3.05) is 11.1 Å². The summed E-state index contributed by atoms with van der Waals surface area (Å²) in [6.45, 7) is 1.93. The molecule has 0 bridgehead atoms. The van der Waals surface area contributed by atoms with Crippen LogP contribution in [0.2, 0.25) is 0 Å². The summed E-state index contributed by atoms with van der Waals surface area (Å²) in [5.74, 6) is 0.147. The Morgan fingerprint density at radius 1 is 1.27 bits per heavy atom. The van der Waals surface area contributed by atoms with E-state index in [-0.39, 0.29) is 11.5 Å². The van der Waals surface area contributed by atoms with Gasteiger partial charge in [-0.25, -0.2) is 4.98 Å². The van der Waals surface area contributed by atoms with Gasteiger partial charge in [0.15, 0.2) is 11.0 Å². The zero-order valence-electron chi connectivity index (χ0n) is 14.0. The number of nitrogens with one attached hydrogen (secondary N) is 2. The van der Waals surface area contributed by atoms with Gasteiger partial charge in [-0.15, -0.1) is 0 Å². The Labute approximate surface area is 154 Å². The first-order valence-electron chi connectivity index (χ1n) is 7.82. The summed E-state index contributed by atoms with van der Waals surface area (Å²) in [6.07, 6.45) is 3.43. The van der Waals surface area contributed by atoms with Gasteiger partial charge in [0.1, 0.15) is 5.69 Å². The molecule has 0 atom stereocenters. The molecule has 0 saturated heterocycles. The van der Waals surface area contributed by atoms with Crippen LogP contribution in [0.15, 0.2) is 58.7 Å². The number of carbonyl (C=O) groups excluding carboxylic acids is 1. The van der Waals surface area contributed by atoms with E-state index >= 15 is 0 Å². The number of pyridine rings is 1. The Hall–Kier alpha value is -3.13. The summed E-state index contributed by atoms with van der Waals surface area (Å²) in [5.41, 5.74) is 7.79. The van der Waals surface area contributed by atoms with Gasteiger partial charge in [-0.05, 0) is 30.7 Å². The zero-order valence-corrected chi connectivity index (χ0v) is 14.8. The molecule has 1 aromatic carbocycles. The highest BCUT2D eigenvalue weighted by molar-refractivity contribution is 7.98. The van der Waals surface area contributed by atoms with E-state index in [1.165, 1.54) is 11.8 Å². The van der Waals surface area contributed by atoms with Crippen LogP contribution in [0.1, 0.15) is 21.5 Å². The number of hydrogen-bond donors (Lipinski definition) is 3. The van der Waals surface area contributed by atoms with Crippen LogP contribution in [0, 0.1) is 6.92 Å². The summed E-state index contributed by atoms with van der Waals surface area (Å²) in [7, 11) is 0. The fourth-order valence-corrected chi connectivity index (χ4v) is 2.99. The molecule has 2 aromatic heterocycles. The minimum absolute atomic E-state index is 0.0251. The Bertz CT molecular complexity index is 971. The molecule has 3 aromatic rings. The summed E-state index contributed by atoms with van der Waals surface area (Å²) in [6, 6.07) is 10.8. The lowest BCUT2D eigenvalue weighted by Crippen LogP contribution is -2.23. The van der Waals surface area contributed by atoms with Crippen molar-refractivity contribution >= 4 is 29.2 Å². The van der Waals surface area contributed by atoms with Crippen molar-refractivity contribution in [1.82, 2.24) is 15.0 Å². The van der Waals surface area contributed by atoms with E-state index < -0.39 is 11.5 Å². The number of anilines is 2. The smallest absolute Gasteiger partial charge is 0.277 e. The molecular weight excluding hydrogens is 350 g/mol. The van der Waals surface area contributed by atoms with Crippen LogP contribution in [0.25, 0.3) is 0 Å². The first kappa shape index (κ1) is 17.7. The SMILES string of the molecule is Cc1ccc(C(=O)Nc2c(N)nc(SCc3cccnc3)[nH]c2=O)cc1. The maximum Gasteiger partial charge on any atom is 0.277 e. The molecule has 0 aliphatic carbocycles. The molecule has 0 unspecified atom stereocenters. The predicted molar refractivity (Wildman–Crippen MR) is 102 cm³/mol. The molecule has 0 saturated carbocycles. The van der Waals surface area contributed by atoms with E-state index in [1.54, 1.807) is 24.5 Å². The van der Waals surface area contributed by atoms with Crippen molar-refractivity contribution in [3.63, 3.8) is 0 Å². The normalized spacial score (nSPS) is 10.5. The molecule has 7 nitrogen and oxygen atoms in total. The van der Waals surface area contributed by atoms with Gasteiger partial charge in [0.2, 0.25) is 0 Å². The fraction of sp³-hybridized carbons (Fsp3) is 0.111. The van der Waals surface area contributed by atoms with Crippen LogP contribution in [-0.4, -0.2) is 20.9 Å². The number of nitrogens with zero attached hydrogens (tertiary/aromatic N) is 2. The summed E-state index contributed by atoms with van der Waals surface area (Å²) in [4.78, 5) is 35.4. The van der Waals surface area contributed by atoms with Crippen molar-refractivity contribution in [2.24, 2.45) is 0 Å². The lowest BCUT2D eigenvalue weighted by Gasteiger charge is -2.08. The largest absolute Gasteiger partial charge is 0.382 e. The van der Waals surface area contributed by atoms with Crippen LogP contribution in [0.3, 0.4) is 0 Å². The van der Waals surface area contributed by atoms with Gasteiger partial charge in [0.25, 0.3) is 11.5 Å². The first-order chi connectivity index (χ1) is 12.5. The van der Waals surface area contributed by atoms with Gasteiger partial charge in [0.05, 0.1) is 0 Å². The maximum absolute atomic E-state index is 12.3. The average molecular weight is 367 g/mol. The van der Waals surface area contributed by atoms with Crippen molar-refractivity contribution in [1.29, 1.82) is 0 Å². The number of H-pyrrole nitrogens is 1. The van der Waals surface area contributed by atoms with Gasteiger partial charge < -0.3 is 11.1 Å². The number of rotatable bonds is 5. The van der Waals surface area contributed by atoms with Crippen LogP contribution in [0.4, 0.5) is 11.5 Å². The van der Waals surface area contributed by atoms with E-state index in [2.05, 4.69) is 20.3 Å². The highest BCUT2D eigenvalue weighted by Crippen LogP contribution is 2.20. The molecule has 0 aliphatic heterocycles. The Morgan fingerprint density at radius 2 is 2.04 bits per heavy atom. The summed E-state index contributed by atoms with van der Waals surface area (Å²) in [5, 5.41) is 2.91. The molecular formula is C18H17N5O2S. The number of thioether (sulfide) groups is 1. The highest BCUT2D eigenvalue weighted by Gasteiger charge is 2.14. The van der Waals surface area contributed by atoms with Crippen LogP contribution >= 0.6 is 11.8 Å². The summed E-state index contributed by atoms with van der Waals surface area (Å²) >= 11 is 1.33. The van der Waals surface area contributed by atoms with Crippen molar-refractivity contribution < 1.29 is 4.79 Å². The van der Waals surface area contributed by atoms with E-state index in [9.17, 15) is 9.59 Å². The number of hydrogen-bond acceptors (Lipinski definition) is 6. The number of amides is 1. The predicted octanol–water partition coefficient (Wildman–Crippen LogP) is 2.60. The van der Waals surface area contributed by atoms with Crippen molar-refractivity contribution in [2.45, 2.75) is 17.8 Å². The number of aryl methyl sites for hydroxylation is 1. The van der Waals surface area contributed by atoms with Crippen molar-refractivity contribution in [3.05, 3.63) is 75.8 Å². The molecule has 1 amide bonds. The topological polar surface area (TPSA) is 114 Å². The number of benzene rings is 1. The number of nitrogen functional groups attached to an aromatic ring is 1. The zero-order chi connectivity index (χ0) is 18.5. The number of aromatic amines is 1. The first-order valence-corrected chi connectivity index (χ1v) is 8.81. The second-order valence-corrected chi connectivity index (χ2v) is 6.57. The second kappa shape index (κ2) is 7.83. The fourth-order valence-electron chi connectivity index (χ4n) is 2.18. The minimum Gasteiger partial charge on any atom is -0.382 e. The van der Waals surface area contributed by atoms with Crippen molar-refractivity contribution in [3.8, 4) is 0 Å². The molecule has 3 rings (SSSR count). The van der Waals surface area contributed by atoms with E-state index in [0.717, 1.165) is 11.1 Å². The molecule has 8 heteroatoms. The molecule has 26 heavy (non-hydrogen) atoms. The quantitative estimate of drug-likeness (QED) is 0.472. The minimum atomic E-state index is -0.494. The molecule has 132 valence electrons. The molecule has 2 heterocycles. The third-order valence-corrected chi connectivity index (χ3v) is 4.52. The van der Waals surface area contributed by atoms with Crippen LogP contribution in [-0.2, 0) is 5.75 Å². The van der Waals surface area contributed by atoms with Crippen LogP contribution in [0.5, 0.6) is 0 Å². The van der Waals surface area contributed by atoms with Gasteiger partial charge in [-0.2, -0.15) is 0 Å². The standard InChI is InChI=1S/C18H17N5O2S/c1-11-4-6-13(7-5-11)16(24)21-14-15(19)22-18(23-17(14)25)26-10-12-3-2-8-20-9-12/h2-9H,10H2,1H3,(H,21,24)(H3,19,22,23,25). The Kier molecular flexibility index (Phi) is 5.33. The third-order valence-electron chi connectivity index (χ3n) is 3.58. The second-order valence-electron chi connectivity index (χ2n) is 5.60. The summed E-state index contributed by atoms with van der Waals surface area (Å²) < 4.78 is 0. The van der Waals surface area contributed by atoms with E-state index in [4.69, 9.17) is 5.73 Å². The van der Waals surface area contributed by atoms with Gasteiger partial charge in [0, 0.05) is 23.7 Å². The maximum atomic E-state index is 12.3. The Balaban J connectivity index is 1.73. The van der Waals surface area contributed by atoms with E-state index in [1.807, 2.05) is 31.2 Å². The lowest BCUT2D eigenvalue weighted by molar-refractivity contribution is 0.102. The highest BCUT2D eigenvalue weighted by atomic mass is 32.2. The molecule has 0 radical (unpaired) electrons. The molecule has 4 N–H and O–H groups in total. The molecule has 0 aliphatic rings. The van der Waals surface area contributed by atoms with Gasteiger partial charge in [-0.1, -0.05) is 35.5 Å². The van der Waals surface area contributed by atoms with Gasteiger partial charge in [-0.3, -0.25) is 19.6 Å².